The number of rotatable bonds is 5. The normalized spacial score (nSPS) is 12.6. The number of pyridine rings is 1. The molecule has 1 heterocycles. The molecule has 0 bridgehead atoms. The number of hydrogen-bond acceptors (Lipinski definition) is 3. The van der Waals surface area contributed by atoms with Gasteiger partial charge in [0.15, 0.2) is 0 Å². The van der Waals surface area contributed by atoms with Crippen LogP contribution in [0.4, 0.5) is 23.2 Å². The summed E-state index contributed by atoms with van der Waals surface area (Å²) in [6.07, 6.45) is 0.234. The zero-order valence-electron chi connectivity index (χ0n) is 9.10. The van der Waals surface area contributed by atoms with E-state index in [4.69, 9.17) is 0 Å². The first kappa shape index (κ1) is 13.7. The summed E-state index contributed by atoms with van der Waals surface area (Å²) in [7, 11) is 0. The van der Waals surface area contributed by atoms with Gasteiger partial charge < -0.3 is 10.4 Å². The lowest BCUT2D eigenvalue weighted by Gasteiger charge is -2.13. The van der Waals surface area contributed by atoms with Gasteiger partial charge in [0.1, 0.15) is 5.69 Å². The van der Waals surface area contributed by atoms with E-state index in [1.54, 1.807) is 0 Å². The average Bonchev–Trinajstić information content (AvgIpc) is 2.27. The highest BCUT2D eigenvalue weighted by Gasteiger charge is 2.20. The van der Waals surface area contributed by atoms with Crippen molar-refractivity contribution in [1.82, 2.24) is 4.98 Å². The number of aliphatic hydroxyl groups is 1. The second-order valence-electron chi connectivity index (χ2n) is 3.52. The van der Waals surface area contributed by atoms with Gasteiger partial charge in [-0.15, -0.1) is 0 Å². The third-order valence-electron chi connectivity index (χ3n) is 2.13. The summed E-state index contributed by atoms with van der Waals surface area (Å²) in [6, 6.07) is 0. The minimum Gasteiger partial charge on any atom is -0.391 e. The third-order valence-corrected chi connectivity index (χ3v) is 2.13. The van der Waals surface area contributed by atoms with E-state index < -0.39 is 35.3 Å². The first-order chi connectivity index (χ1) is 7.97. The van der Waals surface area contributed by atoms with Gasteiger partial charge in [-0.25, -0.2) is 0 Å². The summed E-state index contributed by atoms with van der Waals surface area (Å²) in [5.74, 6) is -6.66. The van der Waals surface area contributed by atoms with E-state index in [1.807, 2.05) is 6.92 Å². The van der Waals surface area contributed by atoms with Crippen LogP contribution in [0.1, 0.15) is 19.8 Å². The highest BCUT2D eigenvalue weighted by Crippen LogP contribution is 2.21. The molecule has 0 saturated carbocycles. The van der Waals surface area contributed by atoms with Crippen molar-refractivity contribution in [2.24, 2.45) is 0 Å². The maximum atomic E-state index is 13.1. The summed E-state index contributed by atoms with van der Waals surface area (Å²) in [5.41, 5.74) is -0.954. The van der Waals surface area contributed by atoms with Crippen LogP contribution in [0.3, 0.4) is 0 Å². The fraction of sp³-hybridized carbons (Fsp3) is 0.500. The minimum absolute atomic E-state index is 0.204. The largest absolute Gasteiger partial charge is 0.391 e. The maximum Gasteiger partial charge on any atom is 0.253 e. The molecule has 96 valence electrons. The summed E-state index contributed by atoms with van der Waals surface area (Å²) in [5, 5.41) is 11.4. The molecule has 1 atom stereocenters. The molecule has 1 aromatic rings. The molecule has 3 nitrogen and oxygen atoms in total. The molecule has 0 aromatic carbocycles. The number of nitrogens with one attached hydrogen (secondary N) is 1. The Hall–Kier alpha value is -1.37. The van der Waals surface area contributed by atoms with Crippen molar-refractivity contribution in [2.45, 2.75) is 25.9 Å². The monoisotopic (exact) mass is 252 g/mol. The van der Waals surface area contributed by atoms with E-state index in [1.165, 1.54) is 0 Å². The van der Waals surface area contributed by atoms with Crippen LogP contribution in [-0.2, 0) is 0 Å². The Morgan fingerprint density at radius 2 is 1.71 bits per heavy atom. The van der Waals surface area contributed by atoms with Crippen LogP contribution in [-0.4, -0.2) is 22.7 Å². The smallest absolute Gasteiger partial charge is 0.253 e. The fourth-order valence-electron chi connectivity index (χ4n) is 1.30. The Morgan fingerprint density at radius 1 is 1.18 bits per heavy atom. The zero-order valence-corrected chi connectivity index (χ0v) is 9.10. The molecule has 0 amide bonds. The Labute approximate surface area is 95.5 Å². The van der Waals surface area contributed by atoms with E-state index in [2.05, 4.69) is 10.3 Å². The molecule has 0 aliphatic carbocycles. The quantitative estimate of drug-likeness (QED) is 0.623. The Kier molecular flexibility index (Phi) is 4.68. The fourth-order valence-corrected chi connectivity index (χ4v) is 1.30. The maximum absolute atomic E-state index is 13.1. The summed E-state index contributed by atoms with van der Waals surface area (Å²) in [4.78, 5) is 2.41. The lowest BCUT2D eigenvalue weighted by atomic mass is 10.2. The van der Waals surface area contributed by atoms with Gasteiger partial charge in [0, 0.05) is 6.54 Å². The standard InChI is InChI=1S/C10H12F4N2O/c1-2-3-5(17)4-15-8-6(11)9(13)16-10(14)7(8)12/h5,17H,2-4H2,1H3,(H,15,16). The molecule has 0 radical (unpaired) electrons. The van der Waals surface area contributed by atoms with Crippen molar-refractivity contribution in [3.05, 3.63) is 23.5 Å². The predicted molar refractivity (Wildman–Crippen MR) is 53.5 cm³/mol. The van der Waals surface area contributed by atoms with Gasteiger partial charge in [0.05, 0.1) is 6.10 Å². The van der Waals surface area contributed by atoms with Gasteiger partial charge in [-0.2, -0.15) is 22.5 Å². The molecular weight excluding hydrogens is 240 g/mol. The van der Waals surface area contributed by atoms with Gasteiger partial charge >= 0.3 is 0 Å². The Bertz CT molecular complexity index is 374. The van der Waals surface area contributed by atoms with Gasteiger partial charge in [-0.3, -0.25) is 0 Å². The molecule has 7 heteroatoms. The molecule has 1 unspecified atom stereocenters. The van der Waals surface area contributed by atoms with Gasteiger partial charge in [-0.1, -0.05) is 13.3 Å². The van der Waals surface area contributed by atoms with Crippen molar-refractivity contribution in [1.29, 1.82) is 0 Å². The Morgan fingerprint density at radius 3 is 2.18 bits per heavy atom. The number of aliphatic hydroxyl groups excluding tert-OH is 1. The highest BCUT2D eigenvalue weighted by atomic mass is 19.2. The van der Waals surface area contributed by atoms with Crippen molar-refractivity contribution in [3.63, 3.8) is 0 Å². The number of halogens is 4. The van der Waals surface area contributed by atoms with E-state index in [9.17, 15) is 22.7 Å². The van der Waals surface area contributed by atoms with Crippen molar-refractivity contribution >= 4 is 5.69 Å². The lowest BCUT2D eigenvalue weighted by Crippen LogP contribution is -2.21. The first-order valence-corrected chi connectivity index (χ1v) is 5.09. The molecule has 1 aromatic heterocycles. The number of anilines is 1. The molecule has 2 N–H and O–H groups in total. The number of aromatic nitrogens is 1. The van der Waals surface area contributed by atoms with Crippen molar-refractivity contribution in [3.8, 4) is 0 Å². The van der Waals surface area contributed by atoms with E-state index in [0.29, 0.717) is 12.8 Å². The minimum atomic E-state index is -1.73. The summed E-state index contributed by atoms with van der Waals surface area (Å²) in [6.45, 7) is 1.61. The lowest BCUT2D eigenvalue weighted by molar-refractivity contribution is 0.176. The number of hydrogen-bond donors (Lipinski definition) is 2. The molecule has 0 saturated heterocycles. The molecule has 0 spiro atoms. The molecule has 17 heavy (non-hydrogen) atoms. The zero-order chi connectivity index (χ0) is 13.0. The average molecular weight is 252 g/mol. The predicted octanol–water partition coefficient (Wildman–Crippen LogP) is 2.21. The molecule has 0 fully saturated rings. The van der Waals surface area contributed by atoms with Crippen molar-refractivity contribution < 1.29 is 22.7 Å². The van der Waals surface area contributed by atoms with Crippen molar-refractivity contribution in [2.75, 3.05) is 11.9 Å². The van der Waals surface area contributed by atoms with E-state index in [0.717, 1.165) is 0 Å². The number of nitrogens with zero attached hydrogens (tertiary/aromatic N) is 1. The highest BCUT2D eigenvalue weighted by molar-refractivity contribution is 5.45. The van der Waals surface area contributed by atoms with Gasteiger partial charge in [-0.05, 0) is 6.42 Å². The van der Waals surface area contributed by atoms with Crippen LogP contribution >= 0.6 is 0 Å². The Balaban J connectivity index is 2.83. The molecular formula is C10H12F4N2O. The van der Waals surface area contributed by atoms with Crippen LogP contribution in [0.15, 0.2) is 0 Å². The second-order valence-corrected chi connectivity index (χ2v) is 3.52. The van der Waals surface area contributed by atoms with Crippen LogP contribution in [0.5, 0.6) is 0 Å². The summed E-state index contributed by atoms with van der Waals surface area (Å²) < 4.78 is 51.6. The van der Waals surface area contributed by atoms with Crippen LogP contribution in [0.2, 0.25) is 0 Å². The molecule has 0 aliphatic rings. The second kappa shape index (κ2) is 5.81. The molecule has 0 aliphatic heterocycles. The van der Waals surface area contributed by atoms with E-state index in [-0.39, 0.29) is 6.54 Å². The van der Waals surface area contributed by atoms with Gasteiger partial charge in [0.2, 0.25) is 11.6 Å². The van der Waals surface area contributed by atoms with Crippen LogP contribution in [0.25, 0.3) is 0 Å². The molecule has 1 rings (SSSR count). The first-order valence-electron chi connectivity index (χ1n) is 5.09. The SMILES string of the molecule is CCCC(O)CNc1c(F)c(F)nc(F)c1F. The van der Waals surface area contributed by atoms with Crippen LogP contribution < -0.4 is 5.32 Å². The van der Waals surface area contributed by atoms with E-state index >= 15 is 0 Å². The topological polar surface area (TPSA) is 45.1 Å². The summed E-state index contributed by atoms with van der Waals surface area (Å²) >= 11 is 0. The third kappa shape index (κ3) is 3.29. The van der Waals surface area contributed by atoms with Crippen LogP contribution in [0, 0.1) is 23.5 Å². The van der Waals surface area contributed by atoms with Gasteiger partial charge in [0.25, 0.3) is 11.9 Å².